The number of para-hydroxylation sites is 1. The maximum absolute atomic E-state index is 10.8. The first-order valence-corrected chi connectivity index (χ1v) is 13.3. The molecular weight excluding hydrogens is 483 g/mol. The van der Waals surface area contributed by atoms with Crippen LogP contribution in [0.3, 0.4) is 0 Å². The second-order valence-electron chi connectivity index (χ2n) is 11.4. The van der Waals surface area contributed by atoms with E-state index < -0.39 is 11.2 Å². The first-order valence-electron chi connectivity index (χ1n) is 13.3. The predicted octanol–water partition coefficient (Wildman–Crippen LogP) is 7.85. The van der Waals surface area contributed by atoms with Crippen LogP contribution in [0.5, 0.6) is 0 Å². The molecule has 1 N–H and O–H groups in total. The number of hydrogen-bond donors (Lipinski definition) is 1. The third kappa shape index (κ3) is 3.84. The van der Waals surface area contributed by atoms with Crippen LogP contribution in [0.25, 0.3) is 65.8 Å². The molecule has 5 aromatic carbocycles. The van der Waals surface area contributed by atoms with E-state index in [9.17, 15) is 5.11 Å². The molecule has 7 rings (SSSR count). The van der Waals surface area contributed by atoms with Crippen molar-refractivity contribution in [2.24, 2.45) is 0 Å². The second kappa shape index (κ2) is 8.47. The smallest absolute Gasteiger partial charge is 0.310 e. The Hall–Kier alpha value is -4.06. The minimum atomic E-state index is -1.02. The van der Waals surface area contributed by atoms with Crippen LogP contribution in [0.4, 0.5) is 0 Å². The predicted molar refractivity (Wildman–Crippen MR) is 162 cm³/mol. The number of fused-ring (bicyclic) bond motifs is 7. The van der Waals surface area contributed by atoms with Gasteiger partial charge in [0.05, 0.1) is 11.2 Å². The Morgan fingerprint density at radius 2 is 1.31 bits per heavy atom. The van der Waals surface area contributed by atoms with Crippen molar-refractivity contribution in [3.05, 3.63) is 91.0 Å². The minimum Gasteiger partial charge on any atom is -0.456 e. The molecule has 0 radical (unpaired) electrons. The van der Waals surface area contributed by atoms with E-state index in [-0.39, 0.29) is 0 Å². The van der Waals surface area contributed by atoms with Crippen molar-refractivity contribution in [2.45, 2.75) is 38.9 Å². The SMILES string of the molecule is CC(C)(O)C(C)(C)OBc1c(-c2ccc3c(c2)oc2ccccc23)ccc2oc3cc4ccccc4cc3c12. The zero-order chi connectivity index (χ0) is 26.9. The van der Waals surface area contributed by atoms with Gasteiger partial charge >= 0.3 is 7.48 Å². The zero-order valence-electron chi connectivity index (χ0n) is 22.5. The van der Waals surface area contributed by atoms with Crippen molar-refractivity contribution in [2.75, 3.05) is 0 Å². The van der Waals surface area contributed by atoms with Crippen molar-refractivity contribution in [1.29, 1.82) is 0 Å². The summed E-state index contributed by atoms with van der Waals surface area (Å²) >= 11 is 0. The molecule has 0 spiro atoms. The lowest BCUT2D eigenvalue weighted by molar-refractivity contribution is -0.0892. The Labute approximate surface area is 227 Å². The summed E-state index contributed by atoms with van der Waals surface area (Å²) in [6.45, 7) is 7.41. The highest BCUT2D eigenvalue weighted by Gasteiger charge is 2.36. The zero-order valence-corrected chi connectivity index (χ0v) is 22.5. The summed E-state index contributed by atoms with van der Waals surface area (Å²) in [5, 5.41) is 17.4. The quantitative estimate of drug-likeness (QED) is 0.239. The number of furan rings is 2. The molecule has 0 saturated heterocycles. The van der Waals surface area contributed by atoms with Crippen LogP contribution >= 0.6 is 0 Å². The fourth-order valence-electron chi connectivity index (χ4n) is 5.37. The molecule has 192 valence electrons. The van der Waals surface area contributed by atoms with Gasteiger partial charge in [-0.15, -0.1) is 0 Å². The van der Waals surface area contributed by atoms with Gasteiger partial charge in [-0.2, -0.15) is 0 Å². The van der Waals surface area contributed by atoms with Gasteiger partial charge in [0.15, 0.2) is 0 Å². The fourth-order valence-corrected chi connectivity index (χ4v) is 5.37. The Morgan fingerprint density at radius 1 is 0.641 bits per heavy atom. The van der Waals surface area contributed by atoms with Crippen LogP contribution in [-0.2, 0) is 4.65 Å². The molecule has 0 saturated carbocycles. The molecule has 0 aliphatic rings. The highest BCUT2D eigenvalue weighted by molar-refractivity contribution is 6.55. The van der Waals surface area contributed by atoms with Crippen molar-refractivity contribution in [3.63, 3.8) is 0 Å². The second-order valence-corrected chi connectivity index (χ2v) is 11.4. The van der Waals surface area contributed by atoms with Gasteiger partial charge in [0.25, 0.3) is 0 Å². The Bertz CT molecular complexity index is 2040. The highest BCUT2D eigenvalue weighted by atomic mass is 16.5. The van der Waals surface area contributed by atoms with Gasteiger partial charge in [0, 0.05) is 21.5 Å². The molecule has 2 heterocycles. The normalized spacial score (nSPS) is 12.8. The van der Waals surface area contributed by atoms with Crippen LogP contribution in [-0.4, -0.2) is 23.8 Å². The molecule has 0 aliphatic carbocycles. The van der Waals surface area contributed by atoms with Gasteiger partial charge in [0.2, 0.25) is 0 Å². The van der Waals surface area contributed by atoms with Crippen LogP contribution in [0.2, 0.25) is 0 Å². The Kier molecular flexibility index (Phi) is 5.22. The van der Waals surface area contributed by atoms with Crippen LogP contribution in [0, 0.1) is 0 Å². The molecular formula is C34H29BO4. The van der Waals surface area contributed by atoms with Gasteiger partial charge in [0.1, 0.15) is 22.3 Å². The van der Waals surface area contributed by atoms with Gasteiger partial charge < -0.3 is 18.6 Å². The summed E-state index contributed by atoms with van der Waals surface area (Å²) in [5.74, 6) is 0. The fraction of sp³-hybridized carbons (Fsp3) is 0.176. The molecule has 0 unspecified atom stereocenters. The van der Waals surface area contributed by atoms with E-state index in [2.05, 4.69) is 60.7 Å². The van der Waals surface area contributed by atoms with E-state index >= 15 is 0 Å². The van der Waals surface area contributed by atoms with Gasteiger partial charge in [-0.3, -0.25) is 0 Å². The monoisotopic (exact) mass is 512 g/mol. The van der Waals surface area contributed by atoms with E-state index in [1.807, 2.05) is 44.2 Å². The number of aliphatic hydroxyl groups is 1. The standard InChI is InChI=1S/C34H29BO4/c1-33(2,36)34(3,4)39-35-32-23(22-13-14-25-24-11-7-8-12-27(24)37-29(25)19-22)15-16-28-31(32)26-17-20-9-5-6-10-21(20)18-30(26)38-28/h5-19,35-36H,1-4H3. The van der Waals surface area contributed by atoms with Gasteiger partial charge in [-0.25, -0.2) is 0 Å². The molecule has 0 fully saturated rings. The topological polar surface area (TPSA) is 55.7 Å². The van der Waals surface area contributed by atoms with Crippen LogP contribution in [0.15, 0.2) is 99.8 Å². The molecule has 0 bridgehead atoms. The Morgan fingerprint density at radius 3 is 2.10 bits per heavy atom. The molecule has 0 aliphatic heterocycles. The number of benzene rings is 5. The molecule has 0 atom stereocenters. The molecule has 2 aromatic heterocycles. The lowest BCUT2D eigenvalue weighted by atomic mass is 9.76. The third-order valence-electron chi connectivity index (χ3n) is 8.35. The summed E-state index contributed by atoms with van der Waals surface area (Å²) in [5.41, 5.74) is 4.69. The van der Waals surface area contributed by atoms with Crippen LogP contribution < -0.4 is 5.46 Å². The van der Waals surface area contributed by atoms with Gasteiger partial charge in [-0.1, -0.05) is 54.6 Å². The van der Waals surface area contributed by atoms with Crippen molar-refractivity contribution >= 4 is 67.6 Å². The molecule has 39 heavy (non-hydrogen) atoms. The summed E-state index contributed by atoms with van der Waals surface area (Å²) < 4.78 is 19.1. The lowest BCUT2D eigenvalue weighted by Gasteiger charge is -2.37. The van der Waals surface area contributed by atoms with Gasteiger partial charge in [-0.05, 0) is 91.5 Å². The maximum Gasteiger partial charge on any atom is 0.310 e. The average molecular weight is 512 g/mol. The first kappa shape index (κ1) is 24.0. The van der Waals surface area contributed by atoms with E-state index in [4.69, 9.17) is 13.5 Å². The molecule has 4 nitrogen and oxygen atoms in total. The van der Waals surface area contributed by atoms with E-state index in [1.54, 1.807) is 13.8 Å². The summed E-state index contributed by atoms with van der Waals surface area (Å²) in [7, 11) is 0.309. The van der Waals surface area contributed by atoms with E-state index in [0.29, 0.717) is 7.48 Å². The largest absolute Gasteiger partial charge is 0.456 e. The summed E-state index contributed by atoms with van der Waals surface area (Å²) in [4.78, 5) is 0. The van der Waals surface area contributed by atoms with Crippen molar-refractivity contribution in [1.82, 2.24) is 0 Å². The Balaban J connectivity index is 1.48. The summed E-state index contributed by atoms with van der Waals surface area (Å²) in [6, 6.07) is 31.3. The van der Waals surface area contributed by atoms with Crippen molar-refractivity contribution in [3.8, 4) is 11.1 Å². The third-order valence-corrected chi connectivity index (χ3v) is 8.35. The average Bonchev–Trinajstić information content (AvgIpc) is 3.47. The van der Waals surface area contributed by atoms with Crippen molar-refractivity contribution < 1.29 is 18.6 Å². The molecule has 5 heteroatoms. The molecule has 0 amide bonds. The number of rotatable bonds is 5. The summed E-state index contributed by atoms with van der Waals surface area (Å²) in [6.07, 6.45) is 0. The highest BCUT2D eigenvalue weighted by Crippen LogP contribution is 2.36. The molecule has 7 aromatic rings. The minimum absolute atomic E-state index is 0.309. The maximum atomic E-state index is 10.8. The van der Waals surface area contributed by atoms with E-state index in [1.165, 1.54) is 0 Å². The first-order chi connectivity index (χ1) is 18.7. The van der Waals surface area contributed by atoms with Crippen LogP contribution in [0.1, 0.15) is 27.7 Å². The number of hydrogen-bond acceptors (Lipinski definition) is 4. The van der Waals surface area contributed by atoms with E-state index in [0.717, 1.165) is 71.2 Å². The lowest BCUT2D eigenvalue weighted by Crippen LogP contribution is -2.49.